The molecule has 16 heavy (non-hydrogen) atoms. The van der Waals surface area contributed by atoms with Gasteiger partial charge in [0.2, 0.25) is 0 Å². The molecule has 0 aliphatic carbocycles. The summed E-state index contributed by atoms with van der Waals surface area (Å²) < 4.78 is 18.9. The van der Waals surface area contributed by atoms with Crippen LogP contribution < -0.4 is 5.73 Å². The van der Waals surface area contributed by atoms with Crippen molar-refractivity contribution in [3.05, 3.63) is 46.4 Å². The van der Waals surface area contributed by atoms with Crippen LogP contribution in [-0.4, -0.2) is 6.61 Å². The fourth-order valence-electron chi connectivity index (χ4n) is 1.77. The van der Waals surface area contributed by atoms with Gasteiger partial charge in [0.15, 0.2) is 0 Å². The van der Waals surface area contributed by atoms with Gasteiger partial charge in [0.1, 0.15) is 5.82 Å². The minimum atomic E-state index is -0.473. The lowest BCUT2D eigenvalue weighted by atomic mass is 9.96. The molecule has 86 valence electrons. The highest BCUT2D eigenvalue weighted by Crippen LogP contribution is 2.29. The fraction of sp³-hybridized carbons (Fsp3) is 0.333. The number of hydrogen-bond acceptors (Lipinski definition) is 2. The smallest absolute Gasteiger partial charge is 0.146 e. The number of halogens is 2. The normalized spacial score (nSPS) is 17.6. The van der Waals surface area contributed by atoms with E-state index >= 15 is 0 Å². The van der Waals surface area contributed by atoms with Crippen LogP contribution in [0.5, 0.6) is 0 Å². The van der Waals surface area contributed by atoms with Crippen LogP contribution in [0.2, 0.25) is 5.02 Å². The minimum absolute atomic E-state index is 0.102. The van der Waals surface area contributed by atoms with E-state index in [4.69, 9.17) is 22.1 Å². The first-order valence-corrected chi connectivity index (χ1v) is 5.58. The molecule has 1 aliphatic rings. The maximum absolute atomic E-state index is 13.7. The minimum Gasteiger partial charge on any atom is -0.501 e. The second-order valence-electron chi connectivity index (χ2n) is 3.79. The van der Waals surface area contributed by atoms with Gasteiger partial charge < -0.3 is 10.5 Å². The summed E-state index contributed by atoms with van der Waals surface area (Å²) in [7, 11) is 0. The van der Waals surface area contributed by atoms with E-state index in [-0.39, 0.29) is 5.02 Å². The topological polar surface area (TPSA) is 35.2 Å². The average molecular weight is 242 g/mol. The van der Waals surface area contributed by atoms with Gasteiger partial charge >= 0.3 is 0 Å². The van der Waals surface area contributed by atoms with Gasteiger partial charge in [0, 0.05) is 5.56 Å². The first-order chi connectivity index (χ1) is 7.70. The molecular weight excluding hydrogens is 229 g/mol. The second kappa shape index (κ2) is 4.85. The SMILES string of the molecule is NC(C1=COCCC1)c1cccc(Cl)c1F. The maximum atomic E-state index is 13.7. The molecule has 0 spiro atoms. The van der Waals surface area contributed by atoms with Crippen molar-refractivity contribution in [2.75, 3.05) is 6.61 Å². The van der Waals surface area contributed by atoms with Crippen molar-refractivity contribution < 1.29 is 9.13 Å². The first-order valence-electron chi connectivity index (χ1n) is 5.20. The zero-order valence-electron chi connectivity index (χ0n) is 8.75. The molecule has 0 amide bonds. The molecule has 1 heterocycles. The summed E-state index contributed by atoms with van der Waals surface area (Å²) in [5, 5.41) is 0.102. The largest absolute Gasteiger partial charge is 0.501 e. The molecule has 0 bridgehead atoms. The third-order valence-electron chi connectivity index (χ3n) is 2.68. The van der Waals surface area contributed by atoms with Crippen molar-refractivity contribution in [2.24, 2.45) is 5.73 Å². The Morgan fingerprint density at radius 2 is 2.25 bits per heavy atom. The lowest BCUT2D eigenvalue weighted by molar-refractivity contribution is 0.221. The molecule has 2 rings (SSSR count). The Bertz CT molecular complexity index is 419. The molecular formula is C12H13ClFNO. The Kier molecular flexibility index (Phi) is 3.46. The van der Waals surface area contributed by atoms with E-state index in [9.17, 15) is 4.39 Å². The number of rotatable bonds is 2. The highest BCUT2D eigenvalue weighted by Gasteiger charge is 2.19. The van der Waals surface area contributed by atoms with Crippen molar-refractivity contribution in [1.82, 2.24) is 0 Å². The van der Waals surface area contributed by atoms with Crippen LogP contribution in [0.4, 0.5) is 4.39 Å². The van der Waals surface area contributed by atoms with Crippen molar-refractivity contribution in [2.45, 2.75) is 18.9 Å². The zero-order valence-corrected chi connectivity index (χ0v) is 9.51. The summed E-state index contributed by atoms with van der Waals surface area (Å²) >= 11 is 5.72. The molecule has 2 N–H and O–H groups in total. The van der Waals surface area contributed by atoms with Crippen molar-refractivity contribution in [1.29, 1.82) is 0 Å². The van der Waals surface area contributed by atoms with Crippen LogP contribution in [0.1, 0.15) is 24.4 Å². The summed E-state index contributed by atoms with van der Waals surface area (Å²) in [6.45, 7) is 0.703. The van der Waals surface area contributed by atoms with Gasteiger partial charge in [-0.2, -0.15) is 0 Å². The summed E-state index contributed by atoms with van der Waals surface area (Å²) in [6.07, 6.45) is 3.39. The van der Waals surface area contributed by atoms with E-state index in [1.54, 1.807) is 18.4 Å². The predicted molar refractivity (Wildman–Crippen MR) is 61.6 cm³/mol. The van der Waals surface area contributed by atoms with Crippen molar-refractivity contribution >= 4 is 11.6 Å². The third-order valence-corrected chi connectivity index (χ3v) is 2.97. The van der Waals surface area contributed by atoms with Crippen LogP contribution in [-0.2, 0) is 4.74 Å². The molecule has 0 saturated heterocycles. The van der Waals surface area contributed by atoms with E-state index in [0.717, 1.165) is 18.4 Å². The quantitative estimate of drug-likeness (QED) is 0.863. The monoisotopic (exact) mass is 241 g/mol. The van der Waals surface area contributed by atoms with E-state index in [2.05, 4.69) is 0 Å². The molecule has 1 atom stereocenters. The molecule has 4 heteroatoms. The Hall–Kier alpha value is -1.06. The molecule has 0 saturated carbocycles. The fourth-order valence-corrected chi connectivity index (χ4v) is 1.96. The Morgan fingerprint density at radius 3 is 2.94 bits per heavy atom. The van der Waals surface area contributed by atoms with E-state index in [1.165, 1.54) is 6.07 Å². The number of hydrogen-bond donors (Lipinski definition) is 1. The highest BCUT2D eigenvalue weighted by molar-refractivity contribution is 6.30. The summed E-state index contributed by atoms with van der Waals surface area (Å²) in [5.41, 5.74) is 7.32. The molecule has 1 aromatic rings. The molecule has 1 aliphatic heterocycles. The third kappa shape index (κ3) is 2.20. The Morgan fingerprint density at radius 1 is 1.44 bits per heavy atom. The maximum Gasteiger partial charge on any atom is 0.146 e. The zero-order chi connectivity index (χ0) is 11.5. The highest BCUT2D eigenvalue weighted by atomic mass is 35.5. The number of nitrogens with two attached hydrogens (primary N) is 1. The standard InChI is InChI=1S/C12H13ClFNO/c13-10-5-1-4-9(11(10)14)12(15)8-3-2-6-16-7-8/h1,4-5,7,12H,2-3,6,15H2. The van der Waals surface area contributed by atoms with Gasteiger partial charge in [-0.05, 0) is 24.5 Å². The van der Waals surface area contributed by atoms with Gasteiger partial charge in [-0.3, -0.25) is 0 Å². The summed E-state index contributed by atoms with van der Waals surface area (Å²) in [6, 6.07) is 4.39. The van der Waals surface area contributed by atoms with E-state index in [0.29, 0.717) is 12.2 Å². The molecule has 1 aromatic carbocycles. The van der Waals surface area contributed by atoms with Crippen molar-refractivity contribution in [3.63, 3.8) is 0 Å². The van der Waals surface area contributed by atoms with Gasteiger partial charge in [0.05, 0.1) is 23.9 Å². The molecule has 2 nitrogen and oxygen atoms in total. The molecule has 0 fully saturated rings. The number of benzene rings is 1. The number of ether oxygens (including phenoxy) is 1. The summed E-state index contributed by atoms with van der Waals surface area (Å²) in [5.74, 6) is -0.442. The van der Waals surface area contributed by atoms with Crippen molar-refractivity contribution in [3.8, 4) is 0 Å². The molecule has 1 unspecified atom stereocenters. The predicted octanol–water partition coefficient (Wildman–Crippen LogP) is 3.17. The lowest BCUT2D eigenvalue weighted by Crippen LogP contribution is -2.17. The molecule has 0 radical (unpaired) electrons. The Labute approximate surface area is 98.8 Å². The van der Waals surface area contributed by atoms with Gasteiger partial charge in [-0.15, -0.1) is 0 Å². The van der Waals surface area contributed by atoms with Crippen LogP contribution in [0, 0.1) is 5.82 Å². The Balaban J connectivity index is 2.29. The first kappa shape index (κ1) is 11.4. The van der Waals surface area contributed by atoms with Crippen LogP contribution >= 0.6 is 11.6 Å². The van der Waals surface area contributed by atoms with Gasteiger partial charge in [-0.1, -0.05) is 23.7 Å². The second-order valence-corrected chi connectivity index (χ2v) is 4.20. The average Bonchev–Trinajstić information content (AvgIpc) is 2.33. The van der Waals surface area contributed by atoms with Crippen LogP contribution in [0.15, 0.2) is 30.0 Å². The lowest BCUT2D eigenvalue weighted by Gasteiger charge is -2.20. The van der Waals surface area contributed by atoms with Crippen LogP contribution in [0.25, 0.3) is 0 Å². The van der Waals surface area contributed by atoms with E-state index < -0.39 is 11.9 Å². The van der Waals surface area contributed by atoms with Gasteiger partial charge in [0.25, 0.3) is 0 Å². The van der Waals surface area contributed by atoms with Crippen LogP contribution in [0.3, 0.4) is 0 Å². The summed E-state index contributed by atoms with van der Waals surface area (Å²) in [4.78, 5) is 0. The van der Waals surface area contributed by atoms with E-state index in [1.807, 2.05) is 0 Å². The van der Waals surface area contributed by atoms with Gasteiger partial charge in [-0.25, -0.2) is 4.39 Å². The molecule has 0 aromatic heterocycles.